The van der Waals surface area contributed by atoms with E-state index in [2.05, 4.69) is 29.2 Å². The number of fused-ring (bicyclic) bond motifs is 1. The third-order valence-corrected chi connectivity index (χ3v) is 8.24. The minimum Gasteiger partial charge on any atom is -0.295 e. The molecule has 190 valence electrons. The molecule has 2 aliphatic rings. The smallest absolute Gasteiger partial charge is 0.259 e. The Morgan fingerprint density at radius 2 is 1.56 bits per heavy atom. The standard InChI is InChI=1S/C30H35F2N3O/c1-3-30(31,32)24-14-16-25(17-15-24)34-19-18-27-26(20-34)29(36)35(21(2)33-27)28(22-10-6-4-7-11-22)23-12-8-5-9-13-23/h4-13,24-25,28H,3,14-20H2,1-2H3. The molecule has 1 saturated carbocycles. The van der Waals surface area contributed by atoms with E-state index in [1.54, 1.807) is 6.92 Å². The van der Waals surface area contributed by atoms with Gasteiger partial charge in [-0.2, -0.15) is 0 Å². The van der Waals surface area contributed by atoms with E-state index >= 15 is 0 Å². The molecule has 2 heterocycles. The maximum absolute atomic E-state index is 14.2. The van der Waals surface area contributed by atoms with Crippen LogP contribution in [0.4, 0.5) is 8.78 Å². The van der Waals surface area contributed by atoms with Crippen LogP contribution in [-0.4, -0.2) is 33.0 Å². The highest BCUT2D eigenvalue weighted by atomic mass is 19.3. The van der Waals surface area contributed by atoms with Crippen molar-refractivity contribution < 1.29 is 8.78 Å². The van der Waals surface area contributed by atoms with E-state index in [1.165, 1.54) is 0 Å². The molecular weight excluding hydrogens is 456 g/mol. The molecule has 0 spiro atoms. The van der Waals surface area contributed by atoms with Gasteiger partial charge in [0, 0.05) is 37.9 Å². The van der Waals surface area contributed by atoms with Crippen molar-refractivity contribution in [1.29, 1.82) is 0 Å². The fourth-order valence-corrected chi connectivity index (χ4v) is 6.16. The van der Waals surface area contributed by atoms with Crippen LogP contribution in [0.3, 0.4) is 0 Å². The topological polar surface area (TPSA) is 38.1 Å². The summed E-state index contributed by atoms with van der Waals surface area (Å²) in [5, 5.41) is 0. The number of aromatic nitrogens is 2. The van der Waals surface area contributed by atoms with Gasteiger partial charge < -0.3 is 0 Å². The molecule has 1 fully saturated rings. The van der Waals surface area contributed by atoms with Gasteiger partial charge >= 0.3 is 0 Å². The summed E-state index contributed by atoms with van der Waals surface area (Å²) >= 11 is 0. The van der Waals surface area contributed by atoms with Gasteiger partial charge in [-0.1, -0.05) is 67.6 Å². The van der Waals surface area contributed by atoms with Crippen molar-refractivity contribution in [3.8, 4) is 0 Å². The number of hydrogen-bond acceptors (Lipinski definition) is 3. The maximum Gasteiger partial charge on any atom is 0.259 e. The second-order valence-corrected chi connectivity index (χ2v) is 10.3. The molecular formula is C30H35F2N3O. The summed E-state index contributed by atoms with van der Waals surface area (Å²) in [6, 6.07) is 20.2. The fraction of sp³-hybridized carbons (Fsp3) is 0.467. The first-order valence-electron chi connectivity index (χ1n) is 13.2. The van der Waals surface area contributed by atoms with Gasteiger partial charge in [-0.15, -0.1) is 0 Å². The van der Waals surface area contributed by atoms with Crippen LogP contribution in [0.15, 0.2) is 65.5 Å². The van der Waals surface area contributed by atoms with Crippen molar-refractivity contribution in [2.45, 2.75) is 76.9 Å². The minimum atomic E-state index is -2.57. The number of rotatable bonds is 6. The molecule has 4 nitrogen and oxygen atoms in total. The minimum absolute atomic E-state index is 0.00566. The van der Waals surface area contributed by atoms with Gasteiger partial charge in [0.2, 0.25) is 0 Å². The Kier molecular flexibility index (Phi) is 7.07. The zero-order chi connectivity index (χ0) is 25.3. The molecule has 0 N–H and O–H groups in total. The van der Waals surface area contributed by atoms with Gasteiger partial charge in [0.15, 0.2) is 0 Å². The van der Waals surface area contributed by atoms with Crippen LogP contribution < -0.4 is 5.56 Å². The average Bonchev–Trinajstić information content (AvgIpc) is 2.92. The summed E-state index contributed by atoms with van der Waals surface area (Å²) in [4.78, 5) is 21.3. The van der Waals surface area contributed by atoms with Gasteiger partial charge in [0.25, 0.3) is 11.5 Å². The number of nitrogens with zero attached hydrogens (tertiary/aromatic N) is 3. The van der Waals surface area contributed by atoms with Crippen LogP contribution in [0.25, 0.3) is 0 Å². The summed E-state index contributed by atoms with van der Waals surface area (Å²) in [6.07, 6.45) is 3.26. The Hall–Kier alpha value is -2.86. The maximum atomic E-state index is 14.2. The van der Waals surface area contributed by atoms with E-state index in [4.69, 9.17) is 4.98 Å². The highest BCUT2D eigenvalue weighted by Crippen LogP contribution is 2.40. The Morgan fingerprint density at radius 1 is 0.972 bits per heavy atom. The Labute approximate surface area is 212 Å². The normalized spacial score (nSPS) is 20.9. The third kappa shape index (κ3) is 4.75. The van der Waals surface area contributed by atoms with Gasteiger partial charge in [-0.25, -0.2) is 13.8 Å². The molecule has 0 unspecified atom stereocenters. The number of benzene rings is 2. The van der Waals surface area contributed by atoms with Gasteiger partial charge in [0.05, 0.1) is 17.3 Å². The summed E-state index contributed by atoms with van der Waals surface area (Å²) in [5.74, 6) is -2.37. The molecule has 3 aromatic rings. The Morgan fingerprint density at radius 3 is 2.11 bits per heavy atom. The summed E-state index contributed by atoms with van der Waals surface area (Å²) < 4.78 is 30.3. The van der Waals surface area contributed by atoms with Crippen molar-refractivity contribution in [1.82, 2.24) is 14.5 Å². The number of hydrogen-bond donors (Lipinski definition) is 0. The van der Waals surface area contributed by atoms with E-state index in [-0.39, 0.29) is 24.1 Å². The Bertz CT molecular complexity index is 1190. The molecule has 0 bridgehead atoms. The zero-order valence-electron chi connectivity index (χ0n) is 21.2. The highest BCUT2D eigenvalue weighted by molar-refractivity contribution is 5.35. The molecule has 1 aliphatic carbocycles. The number of halogens is 2. The first kappa shape index (κ1) is 24.8. The highest BCUT2D eigenvalue weighted by Gasteiger charge is 2.41. The van der Waals surface area contributed by atoms with Crippen molar-refractivity contribution in [2.75, 3.05) is 6.54 Å². The average molecular weight is 492 g/mol. The summed E-state index contributed by atoms with van der Waals surface area (Å²) in [6.45, 7) is 4.86. The van der Waals surface area contributed by atoms with Crippen molar-refractivity contribution in [2.24, 2.45) is 5.92 Å². The van der Waals surface area contributed by atoms with Gasteiger partial charge in [-0.3, -0.25) is 14.3 Å². The lowest BCUT2D eigenvalue weighted by Crippen LogP contribution is -2.46. The molecule has 0 radical (unpaired) electrons. The second-order valence-electron chi connectivity index (χ2n) is 10.3. The molecule has 5 rings (SSSR count). The quantitative estimate of drug-likeness (QED) is 0.415. The SMILES string of the molecule is CCC(F)(F)C1CCC(N2CCc3nc(C)n(C(c4ccccc4)c4ccccc4)c(=O)c3C2)CC1. The lowest BCUT2D eigenvalue weighted by molar-refractivity contribution is -0.0808. The molecule has 0 amide bonds. The molecule has 6 heteroatoms. The summed E-state index contributed by atoms with van der Waals surface area (Å²) in [5.41, 5.74) is 3.73. The van der Waals surface area contributed by atoms with Crippen LogP contribution in [0, 0.1) is 12.8 Å². The lowest BCUT2D eigenvalue weighted by atomic mass is 9.80. The van der Waals surface area contributed by atoms with E-state index in [9.17, 15) is 13.6 Å². The van der Waals surface area contributed by atoms with Gasteiger partial charge in [-0.05, 0) is 43.7 Å². The first-order chi connectivity index (χ1) is 17.4. The molecule has 0 saturated heterocycles. The number of aryl methyl sites for hydroxylation is 1. The summed E-state index contributed by atoms with van der Waals surface area (Å²) in [7, 11) is 0. The van der Waals surface area contributed by atoms with E-state index in [0.29, 0.717) is 25.2 Å². The third-order valence-electron chi connectivity index (χ3n) is 8.24. The predicted octanol–water partition coefficient (Wildman–Crippen LogP) is 6.15. The largest absolute Gasteiger partial charge is 0.295 e. The molecule has 2 aromatic carbocycles. The van der Waals surface area contributed by atoms with Crippen LogP contribution in [0.2, 0.25) is 0 Å². The number of alkyl halides is 2. The van der Waals surface area contributed by atoms with Crippen LogP contribution in [0.1, 0.15) is 73.3 Å². The van der Waals surface area contributed by atoms with Crippen LogP contribution in [0.5, 0.6) is 0 Å². The molecule has 36 heavy (non-hydrogen) atoms. The van der Waals surface area contributed by atoms with E-state index in [0.717, 1.165) is 48.2 Å². The van der Waals surface area contributed by atoms with Crippen molar-refractivity contribution in [3.63, 3.8) is 0 Å². The predicted molar refractivity (Wildman–Crippen MR) is 138 cm³/mol. The van der Waals surface area contributed by atoms with Crippen LogP contribution in [-0.2, 0) is 13.0 Å². The lowest BCUT2D eigenvalue weighted by Gasteiger charge is -2.40. The second kappa shape index (κ2) is 10.3. The van der Waals surface area contributed by atoms with Crippen LogP contribution >= 0.6 is 0 Å². The molecule has 1 aliphatic heterocycles. The molecule has 1 aromatic heterocycles. The van der Waals surface area contributed by atoms with Gasteiger partial charge in [0.1, 0.15) is 5.82 Å². The van der Waals surface area contributed by atoms with Crippen molar-refractivity contribution >= 4 is 0 Å². The Balaban J connectivity index is 1.46. The van der Waals surface area contributed by atoms with E-state index < -0.39 is 11.8 Å². The molecule has 0 atom stereocenters. The van der Waals surface area contributed by atoms with E-state index in [1.807, 2.05) is 47.9 Å². The zero-order valence-corrected chi connectivity index (χ0v) is 21.2. The van der Waals surface area contributed by atoms with Crippen molar-refractivity contribution in [3.05, 3.63) is 99.2 Å². The monoisotopic (exact) mass is 491 g/mol. The first-order valence-corrected chi connectivity index (χ1v) is 13.2. The fourth-order valence-electron chi connectivity index (χ4n) is 6.16.